The molecule has 2 aromatic rings. The van der Waals surface area contributed by atoms with Crippen LogP contribution >= 0.6 is 0 Å². The van der Waals surface area contributed by atoms with E-state index in [1.54, 1.807) is 0 Å². The molecule has 2 atom stereocenters. The Kier molecular flexibility index (Phi) is 6.60. The van der Waals surface area contributed by atoms with Crippen LogP contribution in [0.3, 0.4) is 0 Å². The first-order chi connectivity index (χ1) is 14.3. The smallest absolute Gasteiger partial charge is 0.104 e. The number of nitrogens with one attached hydrogen (secondary N) is 1. The zero-order valence-electron chi connectivity index (χ0n) is 17.4. The van der Waals surface area contributed by atoms with E-state index < -0.39 is 0 Å². The molecule has 4 rings (SSSR count). The zero-order valence-corrected chi connectivity index (χ0v) is 17.4. The summed E-state index contributed by atoms with van der Waals surface area (Å²) < 4.78 is 0. The molecule has 0 radical (unpaired) electrons. The predicted octanol–water partition coefficient (Wildman–Crippen LogP) is 4.12. The SMILES string of the molecule is C[C@H]1CN(CCCC[C@H]2CN=C(Cc3ccccc3)N2)C(Cc2ccccc2)=N1. The van der Waals surface area contributed by atoms with Crippen LogP contribution in [0.5, 0.6) is 0 Å². The van der Waals surface area contributed by atoms with Crippen LogP contribution < -0.4 is 5.32 Å². The molecule has 0 aromatic heterocycles. The average Bonchev–Trinajstić information content (AvgIpc) is 3.33. The summed E-state index contributed by atoms with van der Waals surface area (Å²) in [4.78, 5) is 12.1. The molecule has 0 spiro atoms. The van der Waals surface area contributed by atoms with Crippen LogP contribution in [-0.4, -0.2) is 48.3 Å². The highest BCUT2D eigenvalue weighted by Gasteiger charge is 2.22. The van der Waals surface area contributed by atoms with E-state index in [9.17, 15) is 0 Å². The molecular weight excluding hydrogens is 356 g/mol. The number of hydrogen-bond acceptors (Lipinski definition) is 4. The lowest BCUT2D eigenvalue weighted by Gasteiger charge is -2.21. The maximum atomic E-state index is 4.88. The Hall–Kier alpha value is -2.62. The van der Waals surface area contributed by atoms with Crippen molar-refractivity contribution in [3.63, 3.8) is 0 Å². The standard InChI is InChI=1S/C25H32N4/c1-20-19-29(25(27-20)17-22-12-6-3-7-13-22)15-9-8-14-23-18-26-24(28-23)16-21-10-4-2-5-11-21/h2-7,10-13,20,23H,8-9,14-19H2,1H3,(H,26,28)/t20-,23-/m0/s1. The topological polar surface area (TPSA) is 40.0 Å². The van der Waals surface area contributed by atoms with Crippen LogP contribution in [0.15, 0.2) is 70.6 Å². The second-order valence-corrected chi connectivity index (χ2v) is 8.29. The number of amidine groups is 2. The van der Waals surface area contributed by atoms with Crippen LogP contribution in [0.1, 0.15) is 37.3 Å². The molecule has 0 saturated carbocycles. The van der Waals surface area contributed by atoms with Crippen molar-refractivity contribution in [3.8, 4) is 0 Å². The quantitative estimate of drug-likeness (QED) is 0.657. The van der Waals surface area contributed by atoms with E-state index in [1.165, 1.54) is 36.2 Å². The van der Waals surface area contributed by atoms with Gasteiger partial charge in [0.25, 0.3) is 0 Å². The van der Waals surface area contributed by atoms with E-state index in [4.69, 9.17) is 9.98 Å². The molecule has 2 aliphatic heterocycles. The van der Waals surface area contributed by atoms with E-state index in [2.05, 4.69) is 77.8 Å². The first-order valence-corrected chi connectivity index (χ1v) is 11.0. The molecule has 4 nitrogen and oxygen atoms in total. The van der Waals surface area contributed by atoms with Crippen molar-refractivity contribution in [2.75, 3.05) is 19.6 Å². The van der Waals surface area contributed by atoms with Gasteiger partial charge in [-0.25, -0.2) is 0 Å². The van der Waals surface area contributed by atoms with E-state index in [0.29, 0.717) is 12.1 Å². The van der Waals surface area contributed by atoms with Gasteiger partial charge in [0.2, 0.25) is 0 Å². The van der Waals surface area contributed by atoms with Gasteiger partial charge in [0.05, 0.1) is 12.6 Å². The summed E-state index contributed by atoms with van der Waals surface area (Å²) in [6.45, 7) is 5.32. The van der Waals surface area contributed by atoms with Crippen molar-refractivity contribution in [2.24, 2.45) is 9.98 Å². The van der Waals surface area contributed by atoms with Gasteiger partial charge in [0, 0.05) is 32.0 Å². The van der Waals surface area contributed by atoms with Crippen LogP contribution in [0.4, 0.5) is 0 Å². The highest BCUT2D eigenvalue weighted by atomic mass is 15.2. The number of rotatable bonds is 9. The highest BCUT2D eigenvalue weighted by Crippen LogP contribution is 2.16. The molecule has 4 heteroatoms. The van der Waals surface area contributed by atoms with Crippen molar-refractivity contribution in [3.05, 3.63) is 71.8 Å². The Morgan fingerprint density at radius 1 is 0.931 bits per heavy atom. The molecule has 0 unspecified atom stereocenters. The molecule has 1 N–H and O–H groups in total. The minimum atomic E-state index is 0.416. The molecule has 29 heavy (non-hydrogen) atoms. The molecule has 0 aliphatic carbocycles. The number of unbranched alkanes of at least 4 members (excludes halogenated alkanes) is 1. The summed E-state index contributed by atoms with van der Waals surface area (Å²) in [5.74, 6) is 2.41. The van der Waals surface area contributed by atoms with E-state index in [-0.39, 0.29) is 0 Å². The van der Waals surface area contributed by atoms with Gasteiger partial charge in [0.1, 0.15) is 11.7 Å². The number of hydrogen-bond donors (Lipinski definition) is 1. The molecule has 2 heterocycles. The number of benzene rings is 2. The molecule has 0 amide bonds. The molecule has 152 valence electrons. The summed E-state index contributed by atoms with van der Waals surface area (Å²) in [6, 6.07) is 22.2. The van der Waals surface area contributed by atoms with Crippen LogP contribution in [0, 0.1) is 0 Å². The summed E-state index contributed by atoms with van der Waals surface area (Å²) in [5.41, 5.74) is 2.68. The second-order valence-electron chi connectivity index (χ2n) is 8.29. The van der Waals surface area contributed by atoms with Gasteiger partial charge in [-0.05, 0) is 37.3 Å². The van der Waals surface area contributed by atoms with Gasteiger partial charge < -0.3 is 10.2 Å². The van der Waals surface area contributed by atoms with Crippen molar-refractivity contribution in [2.45, 2.75) is 51.1 Å². The summed E-state index contributed by atoms with van der Waals surface area (Å²) >= 11 is 0. The summed E-state index contributed by atoms with van der Waals surface area (Å²) in [6.07, 6.45) is 5.51. The van der Waals surface area contributed by atoms with Crippen LogP contribution in [-0.2, 0) is 12.8 Å². The lowest BCUT2D eigenvalue weighted by molar-refractivity contribution is 0.403. The normalized spacial score (nSPS) is 21.1. The molecular formula is C25H32N4. The third-order valence-corrected chi connectivity index (χ3v) is 5.74. The fourth-order valence-corrected chi connectivity index (χ4v) is 4.26. The molecule has 0 fully saturated rings. The fourth-order valence-electron chi connectivity index (χ4n) is 4.26. The van der Waals surface area contributed by atoms with Gasteiger partial charge >= 0.3 is 0 Å². The Morgan fingerprint density at radius 2 is 1.62 bits per heavy atom. The second kappa shape index (κ2) is 9.73. The molecule has 0 saturated heterocycles. The molecule has 2 aliphatic rings. The van der Waals surface area contributed by atoms with Crippen LogP contribution in [0.25, 0.3) is 0 Å². The first kappa shape index (κ1) is 19.7. The lowest BCUT2D eigenvalue weighted by atomic mass is 10.1. The Labute approximate surface area is 174 Å². The zero-order chi connectivity index (χ0) is 19.9. The van der Waals surface area contributed by atoms with E-state index in [0.717, 1.165) is 38.3 Å². The van der Waals surface area contributed by atoms with Crippen molar-refractivity contribution in [1.82, 2.24) is 10.2 Å². The molecule has 2 aromatic carbocycles. The maximum absolute atomic E-state index is 4.88. The monoisotopic (exact) mass is 388 g/mol. The van der Waals surface area contributed by atoms with Crippen LogP contribution in [0.2, 0.25) is 0 Å². The molecule has 0 bridgehead atoms. The van der Waals surface area contributed by atoms with Crippen molar-refractivity contribution in [1.29, 1.82) is 0 Å². The average molecular weight is 389 g/mol. The van der Waals surface area contributed by atoms with Gasteiger partial charge in [0.15, 0.2) is 0 Å². The van der Waals surface area contributed by atoms with E-state index >= 15 is 0 Å². The first-order valence-electron chi connectivity index (χ1n) is 11.0. The number of nitrogens with zero attached hydrogens (tertiary/aromatic N) is 3. The van der Waals surface area contributed by atoms with E-state index in [1.807, 2.05) is 0 Å². The maximum Gasteiger partial charge on any atom is 0.104 e. The van der Waals surface area contributed by atoms with Crippen molar-refractivity contribution >= 4 is 11.7 Å². The third kappa shape index (κ3) is 5.69. The van der Waals surface area contributed by atoms with Gasteiger partial charge in [-0.15, -0.1) is 0 Å². The minimum absolute atomic E-state index is 0.416. The van der Waals surface area contributed by atoms with Gasteiger partial charge in [-0.1, -0.05) is 60.7 Å². The largest absolute Gasteiger partial charge is 0.369 e. The highest BCUT2D eigenvalue weighted by molar-refractivity contribution is 5.86. The Balaban J connectivity index is 1.17. The summed E-state index contributed by atoms with van der Waals surface area (Å²) in [7, 11) is 0. The fraction of sp³-hybridized carbons (Fsp3) is 0.440. The predicted molar refractivity (Wildman–Crippen MR) is 122 cm³/mol. The Bertz CT molecular complexity index is 828. The minimum Gasteiger partial charge on any atom is -0.369 e. The van der Waals surface area contributed by atoms with Gasteiger partial charge in [-0.2, -0.15) is 0 Å². The lowest BCUT2D eigenvalue weighted by Crippen LogP contribution is -2.32. The van der Waals surface area contributed by atoms with Crippen molar-refractivity contribution < 1.29 is 0 Å². The number of aliphatic imine (C=N–C) groups is 2. The summed E-state index contributed by atoms with van der Waals surface area (Å²) in [5, 5.41) is 3.63. The van der Waals surface area contributed by atoms with Gasteiger partial charge in [-0.3, -0.25) is 9.98 Å². The Morgan fingerprint density at radius 3 is 2.34 bits per heavy atom. The third-order valence-electron chi connectivity index (χ3n) is 5.74.